The number of carbonyl (C=O) groups excluding carboxylic acids is 1. The summed E-state index contributed by atoms with van der Waals surface area (Å²) in [7, 11) is 0. The number of amidine groups is 1. The van der Waals surface area contributed by atoms with Gasteiger partial charge in [0.05, 0.1) is 24.7 Å². The quantitative estimate of drug-likeness (QED) is 0.813. The summed E-state index contributed by atoms with van der Waals surface area (Å²) in [5, 5.41) is 2.51. The molecule has 0 aliphatic carbocycles. The first kappa shape index (κ1) is 13.8. The van der Waals surface area contributed by atoms with E-state index < -0.39 is 11.4 Å². The summed E-state index contributed by atoms with van der Waals surface area (Å²) in [5.41, 5.74) is 5.69. The van der Waals surface area contributed by atoms with Gasteiger partial charge in [0.15, 0.2) is 0 Å². The number of fused-ring (bicyclic) bond motifs is 1. The number of rotatable bonds is 3. The van der Waals surface area contributed by atoms with Crippen LogP contribution in [0.5, 0.6) is 0 Å². The first-order valence-electron chi connectivity index (χ1n) is 6.64. The van der Waals surface area contributed by atoms with E-state index in [-0.39, 0.29) is 18.0 Å². The molecule has 112 valence electrons. The molecule has 0 bridgehead atoms. The Morgan fingerprint density at radius 3 is 3.10 bits per heavy atom. The van der Waals surface area contributed by atoms with E-state index in [9.17, 15) is 9.18 Å². The summed E-state index contributed by atoms with van der Waals surface area (Å²) in [6, 6.07) is 4.39. The lowest BCUT2D eigenvalue weighted by molar-refractivity contribution is -0.105. The highest BCUT2D eigenvalue weighted by molar-refractivity contribution is 5.74. The van der Waals surface area contributed by atoms with Gasteiger partial charge in [0.2, 0.25) is 6.41 Å². The summed E-state index contributed by atoms with van der Waals surface area (Å²) in [6.07, 6.45) is 0.303. The number of ether oxygens (including phenoxy) is 2. The molecular formula is C14H16FN3O3. The van der Waals surface area contributed by atoms with Crippen LogP contribution < -0.4 is 11.1 Å². The second-order valence-electron chi connectivity index (χ2n) is 5.35. The van der Waals surface area contributed by atoms with Crippen LogP contribution in [-0.2, 0) is 19.8 Å². The number of amides is 1. The second-order valence-corrected chi connectivity index (χ2v) is 5.35. The van der Waals surface area contributed by atoms with E-state index in [0.717, 1.165) is 0 Å². The van der Waals surface area contributed by atoms with Crippen LogP contribution in [0.25, 0.3) is 0 Å². The molecule has 6 nitrogen and oxygen atoms in total. The molecule has 21 heavy (non-hydrogen) atoms. The Kier molecular flexibility index (Phi) is 3.29. The number of halogens is 1. The van der Waals surface area contributed by atoms with Crippen LogP contribution in [0.4, 0.5) is 10.1 Å². The molecule has 1 fully saturated rings. The lowest BCUT2D eigenvalue weighted by Gasteiger charge is -2.38. The van der Waals surface area contributed by atoms with Gasteiger partial charge in [-0.15, -0.1) is 0 Å². The number of carbonyl (C=O) groups is 1. The van der Waals surface area contributed by atoms with Gasteiger partial charge in [-0.3, -0.25) is 4.79 Å². The Hall–Kier alpha value is -2.15. The molecule has 3 N–H and O–H groups in total. The number of nitrogens with two attached hydrogens (primary N) is 1. The maximum atomic E-state index is 14.3. The van der Waals surface area contributed by atoms with E-state index in [1.807, 2.05) is 0 Å². The van der Waals surface area contributed by atoms with Crippen LogP contribution in [0.2, 0.25) is 0 Å². The minimum atomic E-state index is -0.895. The summed E-state index contributed by atoms with van der Waals surface area (Å²) < 4.78 is 25.2. The van der Waals surface area contributed by atoms with Crippen LogP contribution in [0.1, 0.15) is 12.5 Å². The minimum absolute atomic E-state index is 0.0254. The van der Waals surface area contributed by atoms with Gasteiger partial charge in [0, 0.05) is 11.3 Å². The van der Waals surface area contributed by atoms with E-state index in [1.54, 1.807) is 13.0 Å². The van der Waals surface area contributed by atoms with Gasteiger partial charge in [0.25, 0.3) is 6.02 Å². The van der Waals surface area contributed by atoms with Crippen molar-refractivity contribution in [1.82, 2.24) is 0 Å². The molecule has 2 heterocycles. The lowest BCUT2D eigenvalue weighted by Crippen LogP contribution is -2.47. The molecule has 0 spiro atoms. The van der Waals surface area contributed by atoms with Gasteiger partial charge < -0.3 is 20.5 Å². The van der Waals surface area contributed by atoms with Crippen LogP contribution in [0.15, 0.2) is 23.2 Å². The highest BCUT2D eigenvalue weighted by atomic mass is 19.1. The molecule has 1 aromatic carbocycles. The highest BCUT2D eigenvalue weighted by Gasteiger charge is 2.49. The number of benzene rings is 1. The molecule has 3 atom stereocenters. The first-order valence-corrected chi connectivity index (χ1v) is 6.64. The van der Waals surface area contributed by atoms with Gasteiger partial charge in [-0.2, -0.15) is 0 Å². The molecule has 1 amide bonds. The summed E-state index contributed by atoms with van der Waals surface area (Å²) in [6.45, 7) is 2.63. The molecule has 0 aromatic heterocycles. The Balaban J connectivity index is 2.10. The largest absolute Gasteiger partial charge is 0.459 e. The van der Waals surface area contributed by atoms with E-state index in [2.05, 4.69) is 10.3 Å². The standard InChI is InChI=1S/C14H16FN3O3/c1-14(9-4-8(17-7-19)2-3-11(9)15)10-5-20-6-12(10)21-13(16)18-14/h2-4,7,10,12H,5-6H2,1H3,(H2,16,18)(H,17,19). The van der Waals surface area contributed by atoms with Crippen LogP contribution >= 0.6 is 0 Å². The molecular weight excluding hydrogens is 277 g/mol. The topological polar surface area (TPSA) is 85.9 Å². The number of aliphatic imine (C=N–C) groups is 1. The monoisotopic (exact) mass is 293 g/mol. The highest BCUT2D eigenvalue weighted by Crippen LogP contribution is 2.43. The number of anilines is 1. The maximum Gasteiger partial charge on any atom is 0.283 e. The fourth-order valence-corrected chi connectivity index (χ4v) is 3.00. The normalized spacial score (nSPS) is 31.0. The van der Waals surface area contributed by atoms with Crippen molar-refractivity contribution in [2.45, 2.75) is 18.6 Å². The van der Waals surface area contributed by atoms with E-state index in [0.29, 0.717) is 30.9 Å². The van der Waals surface area contributed by atoms with Crippen molar-refractivity contribution in [3.05, 3.63) is 29.6 Å². The van der Waals surface area contributed by atoms with Crippen LogP contribution in [0.3, 0.4) is 0 Å². The molecule has 2 aliphatic heterocycles. The second kappa shape index (κ2) is 5.00. The summed E-state index contributed by atoms with van der Waals surface area (Å²) >= 11 is 0. The summed E-state index contributed by atoms with van der Waals surface area (Å²) in [4.78, 5) is 14.9. The van der Waals surface area contributed by atoms with Crippen molar-refractivity contribution < 1.29 is 18.7 Å². The van der Waals surface area contributed by atoms with Crippen molar-refractivity contribution >= 4 is 18.1 Å². The Morgan fingerprint density at radius 1 is 1.52 bits per heavy atom. The first-order chi connectivity index (χ1) is 10.0. The van der Waals surface area contributed by atoms with Crippen molar-refractivity contribution in [2.75, 3.05) is 18.5 Å². The van der Waals surface area contributed by atoms with Gasteiger partial charge in [-0.1, -0.05) is 0 Å². The molecule has 3 unspecified atom stereocenters. The zero-order valence-electron chi connectivity index (χ0n) is 11.5. The SMILES string of the molecule is CC1(c2cc(NC=O)ccc2F)N=C(N)OC2COCC21. The van der Waals surface area contributed by atoms with Crippen molar-refractivity contribution in [3.8, 4) is 0 Å². The van der Waals surface area contributed by atoms with E-state index in [1.165, 1.54) is 12.1 Å². The van der Waals surface area contributed by atoms with Crippen LogP contribution in [0, 0.1) is 11.7 Å². The van der Waals surface area contributed by atoms with Crippen molar-refractivity contribution in [1.29, 1.82) is 0 Å². The maximum absolute atomic E-state index is 14.3. The third-order valence-corrected chi connectivity index (χ3v) is 4.10. The zero-order valence-corrected chi connectivity index (χ0v) is 11.5. The summed E-state index contributed by atoms with van der Waals surface area (Å²) in [5.74, 6) is -0.538. The smallest absolute Gasteiger partial charge is 0.283 e. The minimum Gasteiger partial charge on any atom is -0.459 e. The Labute approximate surface area is 121 Å². The molecule has 7 heteroatoms. The number of nitrogens with zero attached hydrogens (tertiary/aromatic N) is 1. The number of hydrogen-bond donors (Lipinski definition) is 2. The van der Waals surface area contributed by atoms with Crippen molar-refractivity contribution in [2.24, 2.45) is 16.6 Å². The number of hydrogen-bond acceptors (Lipinski definition) is 5. The molecule has 1 aromatic rings. The molecule has 3 rings (SSSR count). The van der Waals surface area contributed by atoms with Gasteiger partial charge in [0.1, 0.15) is 11.9 Å². The van der Waals surface area contributed by atoms with Gasteiger partial charge >= 0.3 is 0 Å². The lowest BCUT2D eigenvalue weighted by atomic mass is 9.77. The predicted octanol–water partition coefficient (Wildman–Crippen LogP) is 0.969. The third-order valence-electron chi connectivity index (χ3n) is 4.10. The van der Waals surface area contributed by atoms with Crippen molar-refractivity contribution in [3.63, 3.8) is 0 Å². The third kappa shape index (κ3) is 2.23. The van der Waals surface area contributed by atoms with Gasteiger partial charge in [-0.05, 0) is 25.1 Å². The molecule has 0 saturated carbocycles. The van der Waals surface area contributed by atoms with E-state index in [4.69, 9.17) is 15.2 Å². The van der Waals surface area contributed by atoms with E-state index >= 15 is 0 Å². The number of nitrogens with one attached hydrogen (secondary N) is 1. The molecule has 0 radical (unpaired) electrons. The average molecular weight is 293 g/mol. The Bertz CT molecular complexity index is 607. The molecule has 2 aliphatic rings. The molecule has 1 saturated heterocycles. The van der Waals surface area contributed by atoms with Crippen LogP contribution in [-0.4, -0.2) is 31.7 Å². The average Bonchev–Trinajstić information content (AvgIpc) is 2.90. The Morgan fingerprint density at radius 2 is 2.33 bits per heavy atom. The zero-order chi connectivity index (χ0) is 15.0. The predicted molar refractivity (Wildman–Crippen MR) is 74.2 cm³/mol. The van der Waals surface area contributed by atoms with Gasteiger partial charge in [-0.25, -0.2) is 9.38 Å². The fraction of sp³-hybridized carbons (Fsp3) is 0.429. The fourth-order valence-electron chi connectivity index (χ4n) is 3.00.